The van der Waals surface area contributed by atoms with Gasteiger partial charge in [-0.3, -0.25) is 0 Å². The second-order valence-corrected chi connectivity index (χ2v) is 11.4. The van der Waals surface area contributed by atoms with E-state index < -0.39 is 0 Å². The molecule has 0 saturated heterocycles. The van der Waals surface area contributed by atoms with E-state index in [-0.39, 0.29) is 0 Å². The lowest BCUT2D eigenvalue weighted by molar-refractivity contribution is 0.967. The normalized spacial score (nSPS) is 12.3. The van der Waals surface area contributed by atoms with Crippen molar-refractivity contribution in [1.82, 2.24) is 19.9 Å². The van der Waals surface area contributed by atoms with E-state index in [1.807, 2.05) is 60.7 Å². The van der Waals surface area contributed by atoms with Crippen molar-refractivity contribution in [2.75, 3.05) is 4.90 Å². The van der Waals surface area contributed by atoms with Crippen LogP contribution in [0.2, 0.25) is 0 Å². The number of H-pyrrole nitrogens is 1. The molecule has 0 atom stereocenters. The third-order valence-electron chi connectivity index (χ3n) is 8.71. The van der Waals surface area contributed by atoms with Crippen molar-refractivity contribution in [1.29, 1.82) is 0 Å². The average Bonchev–Trinajstić information content (AvgIpc) is 3.51. The van der Waals surface area contributed by atoms with Crippen LogP contribution < -0.4 is 4.90 Å². The van der Waals surface area contributed by atoms with Crippen LogP contribution in [0.15, 0.2) is 146 Å². The fraction of sp³-hybridized carbons (Fsp3) is 0.0250. The van der Waals surface area contributed by atoms with Crippen LogP contribution in [0.5, 0.6) is 0 Å². The predicted octanol–water partition coefficient (Wildman–Crippen LogP) is 9.83. The van der Waals surface area contributed by atoms with Gasteiger partial charge in [0, 0.05) is 55.5 Å². The van der Waals surface area contributed by atoms with Gasteiger partial charge < -0.3 is 9.88 Å². The number of hydrogen-bond acceptors (Lipinski definition) is 4. The second-order valence-electron chi connectivity index (χ2n) is 11.4. The molecule has 2 aromatic heterocycles. The molecule has 0 saturated carbocycles. The third-order valence-corrected chi connectivity index (χ3v) is 8.71. The van der Waals surface area contributed by atoms with E-state index in [4.69, 9.17) is 15.0 Å². The lowest BCUT2D eigenvalue weighted by atomic mass is 9.91. The highest BCUT2D eigenvalue weighted by molar-refractivity contribution is 6.10. The van der Waals surface area contributed by atoms with Gasteiger partial charge in [-0.2, -0.15) is 0 Å². The maximum Gasteiger partial charge on any atom is 0.164 e. The molecule has 6 aromatic carbocycles. The molecular weight excluding hydrogens is 550 g/mol. The van der Waals surface area contributed by atoms with Crippen LogP contribution in [0.4, 0.5) is 11.4 Å². The number of rotatable bonds is 4. The van der Waals surface area contributed by atoms with Crippen LogP contribution >= 0.6 is 0 Å². The van der Waals surface area contributed by atoms with E-state index in [2.05, 4.69) is 94.8 Å². The topological polar surface area (TPSA) is 57.7 Å². The van der Waals surface area contributed by atoms with Crippen molar-refractivity contribution in [3.63, 3.8) is 0 Å². The minimum atomic E-state index is 0.647. The average molecular weight is 578 g/mol. The van der Waals surface area contributed by atoms with Crippen LogP contribution in [0.1, 0.15) is 5.56 Å². The number of hydrogen-bond donors (Lipinski definition) is 1. The summed E-state index contributed by atoms with van der Waals surface area (Å²) < 4.78 is 0. The summed E-state index contributed by atoms with van der Waals surface area (Å²) in [5.74, 6) is 1.96. The van der Waals surface area contributed by atoms with E-state index in [0.29, 0.717) is 17.5 Å². The fourth-order valence-corrected chi connectivity index (χ4v) is 6.55. The Morgan fingerprint density at radius 2 is 1.11 bits per heavy atom. The van der Waals surface area contributed by atoms with Crippen molar-refractivity contribution in [3.8, 4) is 45.3 Å². The summed E-state index contributed by atoms with van der Waals surface area (Å²) in [7, 11) is 0. The third kappa shape index (κ3) is 4.28. The highest BCUT2D eigenvalue weighted by Crippen LogP contribution is 2.46. The van der Waals surface area contributed by atoms with Gasteiger partial charge in [0.15, 0.2) is 17.5 Å². The van der Waals surface area contributed by atoms with Gasteiger partial charge in [0.05, 0.1) is 12.1 Å². The van der Waals surface area contributed by atoms with Crippen molar-refractivity contribution >= 4 is 33.2 Å². The van der Waals surface area contributed by atoms with Gasteiger partial charge in [-0.15, -0.1) is 0 Å². The maximum absolute atomic E-state index is 4.99. The first-order valence-electron chi connectivity index (χ1n) is 15.2. The van der Waals surface area contributed by atoms with E-state index in [1.165, 1.54) is 38.7 Å². The first-order valence-corrected chi connectivity index (χ1v) is 15.2. The molecule has 0 amide bonds. The van der Waals surface area contributed by atoms with E-state index in [1.54, 1.807) is 0 Å². The first-order chi connectivity index (χ1) is 22.3. The van der Waals surface area contributed by atoms with Crippen LogP contribution in [-0.2, 0) is 6.54 Å². The number of anilines is 2. The minimum Gasteiger partial charge on any atom is -0.354 e. The van der Waals surface area contributed by atoms with E-state index in [0.717, 1.165) is 34.4 Å². The lowest BCUT2D eigenvalue weighted by Gasteiger charge is -2.33. The largest absolute Gasteiger partial charge is 0.354 e. The molecule has 5 heteroatoms. The second kappa shape index (κ2) is 10.3. The molecular formula is C40H27N5. The zero-order valence-corrected chi connectivity index (χ0v) is 24.4. The van der Waals surface area contributed by atoms with Crippen LogP contribution in [0.3, 0.4) is 0 Å². The van der Waals surface area contributed by atoms with Crippen molar-refractivity contribution in [3.05, 3.63) is 151 Å². The molecule has 45 heavy (non-hydrogen) atoms. The standard InChI is InChI=1S/C40H27N5/c1-3-12-26(13-4-1)38-42-39(27-14-5-2-6-15-27)44-40(43-38)28-16-11-17-29(24-28)45-25-34-30(32-19-8-10-21-36(32)45)22-23-33-31-18-7-9-20-35(31)41-37(33)34/h1-24,41H,25H2. The monoisotopic (exact) mass is 577 g/mol. The number of para-hydroxylation sites is 2. The lowest BCUT2D eigenvalue weighted by Crippen LogP contribution is -2.21. The SMILES string of the molecule is c1ccc(-c2nc(-c3ccccc3)nc(-c3cccc(N4Cc5c(ccc6c5[nH]c5ccccc56)-c5ccccc54)c3)n2)cc1. The Hall–Kier alpha value is -6.07. The maximum atomic E-state index is 4.99. The molecule has 1 aliphatic heterocycles. The Balaban J connectivity index is 1.19. The Bertz CT molecular complexity index is 2300. The number of benzene rings is 6. The number of nitrogens with zero attached hydrogens (tertiary/aromatic N) is 4. The Morgan fingerprint density at radius 1 is 0.489 bits per heavy atom. The summed E-state index contributed by atoms with van der Waals surface area (Å²) in [6.45, 7) is 0.738. The molecule has 1 aliphatic rings. The van der Waals surface area contributed by atoms with Crippen LogP contribution in [-0.4, -0.2) is 19.9 Å². The fourth-order valence-electron chi connectivity index (χ4n) is 6.55. The summed E-state index contributed by atoms with van der Waals surface area (Å²) in [6, 6.07) is 50.5. The summed E-state index contributed by atoms with van der Waals surface area (Å²) >= 11 is 0. The van der Waals surface area contributed by atoms with Gasteiger partial charge in [-0.05, 0) is 29.8 Å². The molecule has 0 radical (unpaired) electrons. The molecule has 1 N–H and O–H groups in total. The molecule has 9 rings (SSSR count). The van der Waals surface area contributed by atoms with Crippen molar-refractivity contribution in [2.24, 2.45) is 0 Å². The molecule has 0 unspecified atom stereocenters. The van der Waals surface area contributed by atoms with Gasteiger partial charge in [0.25, 0.3) is 0 Å². The van der Waals surface area contributed by atoms with Crippen LogP contribution in [0.25, 0.3) is 67.1 Å². The summed E-state index contributed by atoms with van der Waals surface area (Å²) in [4.78, 5) is 21.0. The molecule has 0 fully saturated rings. The highest BCUT2D eigenvalue weighted by atomic mass is 15.1. The quantitative estimate of drug-likeness (QED) is 0.226. The number of fused-ring (bicyclic) bond motifs is 7. The van der Waals surface area contributed by atoms with Gasteiger partial charge in [0.1, 0.15) is 0 Å². The summed E-state index contributed by atoms with van der Waals surface area (Å²) in [5.41, 5.74) is 11.3. The number of aromatic nitrogens is 4. The highest BCUT2D eigenvalue weighted by Gasteiger charge is 2.26. The Morgan fingerprint density at radius 3 is 1.87 bits per heavy atom. The van der Waals surface area contributed by atoms with Crippen molar-refractivity contribution < 1.29 is 0 Å². The first kappa shape index (κ1) is 25.4. The van der Waals surface area contributed by atoms with Gasteiger partial charge in [-0.25, -0.2) is 15.0 Å². The molecule has 0 aliphatic carbocycles. The Kier molecular flexibility index (Phi) is 5.81. The molecule has 3 heterocycles. The molecule has 0 bridgehead atoms. The van der Waals surface area contributed by atoms with Gasteiger partial charge >= 0.3 is 0 Å². The molecule has 0 spiro atoms. The zero-order chi connectivity index (χ0) is 29.7. The molecule has 212 valence electrons. The molecule has 8 aromatic rings. The van der Waals surface area contributed by atoms with Crippen LogP contribution in [0, 0.1) is 0 Å². The zero-order valence-electron chi connectivity index (χ0n) is 24.4. The summed E-state index contributed by atoms with van der Waals surface area (Å²) in [5, 5.41) is 2.51. The van der Waals surface area contributed by atoms with Gasteiger partial charge in [0.2, 0.25) is 0 Å². The smallest absolute Gasteiger partial charge is 0.164 e. The number of aromatic amines is 1. The van der Waals surface area contributed by atoms with E-state index >= 15 is 0 Å². The van der Waals surface area contributed by atoms with Gasteiger partial charge in [-0.1, -0.05) is 121 Å². The number of nitrogens with one attached hydrogen (secondary N) is 1. The molecule has 5 nitrogen and oxygen atoms in total. The predicted molar refractivity (Wildman–Crippen MR) is 183 cm³/mol. The minimum absolute atomic E-state index is 0.647. The summed E-state index contributed by atoms with van der Waals surface area (Å²) in [6.07, 6.45) is 0. The van der Waals surface area contributed by atoms with Crippen molar-refractivity contribution in [2.45, 2.75) is 6.54 Å². The Labute approximate surface area is 260 Å². The van der Waals surface area contributed by atoms with E-state index in [9.17, 15) is 0 Å².